The summed E-state index contributed by atoms with van der Waals surface area (Å²) in [7, 11) is 0. The molecule has 0 bridgehead atoms. The summed E-state index contributed by atoms with van der Waals surface area (Å²) < 4.78 is 10.3. The second kappa shape index (κ2) is 9.25. The zero-order valence-corrected chi connectivity index (χ0v) is 15.8. The van der Waals surface area contributed by atoms with Gasteiger partial charge in [0.1, 0.15) is 5.75 Å². The molecule has 0 aromatic heterocycles. The highest BCUT2D eigenvalue weighted by Crippen LogP contribution is 2.17. The van der Waals surface area contributed by atoms with E-state index in [-0.39, 0.29) is 19.3 Å². The molecule has 1 amide bonds. The summed E-state index contributed by atoms with van der Waals surface area (Å²) in [5.74, 6) is -0.398. The molecule has 1 N–H and O–H groups in total. The van der Waals surface area contributed by atoms with Crippen molar-refractivity contribution in [3.8, 4) is 5.75 Å². The van der Waals surface area contributed by atoms with Crippen LogP contribution in [0.5, 0.6) is 5.75 Å². The Morgan fingerprint density at radius 2 is 1.77 bits per heavy atom. The van der Waals surface area contributed by atoms with Crippen molar-refractivity contribution in [2.45, 2.75) is 26.8 Å². The van der Waals surface area contributed by atoms with Gasteiger partial charge in [-0.1, -0.05) is 29.8 Å². The van der Waals surface area contributed by atoms with Gasteiger partial charge in [-0.3, -0.25) is 4.79 Å². The van der Waals surface area contributed by atoms with E-state index in [0.29, 0.717) is 10.8 Å². The first kappa shape index (κ1) is 19.8. The van der Waals surface area contributed by atoms with E-state index in [4.69, 9.17) is 21.1 Å². The molecule has 6 heteroatoms. The Kier molecular flexibility index (Phi) is 7.04. The van der Waals surface area contributed by atoms with Crippen LogP contribution in [0.4, 0.5) is 0 Å². The molecule has 5 nitrogen and oxygen atoms in total. The number of esters is 1. The standard InChI is InChI=1S/C20H22ClNO4/c1-13-7-14(2)9-18(8-13)25-12-20(24)26-11-19(23)22-15(3)16-5-4-6-17(21)10-16/h4-10,15H,11-12H2,1-3H3,(H,22,23)/t15-/m0/s1. The second-order valence-electron chi connectivity index (χ2n) is 6.12. The van der Waals surface area contributed by atoms with Crippen molar-refractivity contribution in [2.24, 2.45) is 0 Å². The van der Waals surface area contributed by atoms with E-state index in [1.54, 1.807) is 12.1 Å². The number of carbonyl (C=O) groups is 2. The third-order valence-electron chi connectivity index (χ3n) is 3.64. The number of carbonyl (C=O) groups excluding carboxylic acids is 2. The Morgan fingerprint density at radius 3 is 2.42 bits per heavy atom. The van der Waals surface area contributed by atoms with Crippen molar-refractivity contribution in [3.05, 3.63) is 64.2 Å². The SMILES string of the molecule is Cc1cc(C)cc(OCC(=O)OCC(=O)N[C@@H](C)c2cccc(Cl)c2)c1. The predicted molar refractivity (Wildman–Crippen MR) is 100 cm³/mol. The van der Waals surface area contributed by atoms with E-state index in [9.17, 15) is 9.59 Å². The summed E-state index contributed by atoms with van der Waals surface area (Å²) >= 11 is 5.94. The van der Waals surface area contributed by atoms with Crippen LogP contribution in [0.1, 0.15) is 29.7 Å². The predicted octanol–water partition coefficient (Wildman–Crippen LogP) is 3.76. The molecule has 0 spiro atoms. The van der Waals surface area contributed by atoms with Gasteiger partial charge in [0.2, 0.25) is 0 Å². The molecular weight excluding hydrogens is 354 g/mol. The lowest BCUT2D eigenvalue weighted by Gasteiger charge is -2.14. The first-order valence-electron chi connectivity index (χ1n) is 8.25. The Morgan fingerprint density at radius 1 is 1.08 bits per heavy atom. The number of aryl methyl sites for hydroxylation is 2. The average Bonchev–Trinajstić information content (AvgIpc) is 2.57. The van der Waals surface area contributed by atoms with Crippen LogP contribution in [-0.2, 0) is 14.3 Å². The molecule has 1 atom stereocenters. The topological polar surface area (TPSA) is 64.6 Å². The van der Waals surface area contributed by atoms with Gasteiger partial charge < -0.3 is 14.8 Å². The minimum Gasteiger partial charge on any atom is -0.482 e. The molecule has 0 aliphatic rings. The van der Waals surface area contributed by atoms with Crippen molar-refractivity contribution >= 4 is 23.5 Å². The number of nitrogens with one attached hydrogen (secondary N) is 1. The van der Waals surface area contributed by atoms with Crippen LogP contribution >= 0.6 is 11.6 Å². The van der Waals surface area contributed by atoms with Crippen LogP contribution in [0.25, 0.3) is 0 Å². The van der Waals surface area contributed by atoms with Crippen molar-refractivity contribution in [3.63, 3.8) is 0 Å². The van der Waals surface area contributed by atoms with Crippen molar-refractivity contribution in [1.82, 2.24) is 5.32 Å². The first-order chi connectivity index (χ1) is 12.3. The lowest BCUT2D eigenvalue weighted by molar-refractivity contribution is -0.150. The lowest BCUT2D eigenvalue weighted by atomic mass is 10.1. The van der Waals surface area contributed by atoms with Gasteiger partial charge in [-0.05, 0) is 61.7 Å². The van der Waals surface area contributed by atoms with E-state index in [0.717, 1.165) is 16.7 Å². The third-order valence-corrected chi connectivity index (χ3v) is 3.88. The fraction of sp³-hybridized carbons (Fsp3) is 0.300. The summed E-state index contributed by atoms with van der Waals surface area (Å²) in [5.41, 5.74) is 2.96. The fourth-order valence-electron chi connectivity index (χ4n) is 2.49. The highest BCUT2D eigenvalue weighted by Gasteiger charge is 2.13. The molecule has 0 aliphatic heterocycles. The summed E-state index contributed by atoms with van der Waals surface area (Å²) in [4.78, 5) is 23.7. The van der Waals surface area contributed by atoms with Gasteiger partial charge in [-0.15, -0.1) is 0 Å². The minimum absolute atomic E-state index is 0.244. The van der Waals surface area contributed by atoms with Gasteiger partial charge >= 0.3 is 5.97 Å². The molecular formula is C20H22ClNO4. The van der Waals surface area contributed by atoms with E-state index >= 15 is 0 Å². The molecule has 2 aromatic rings. The minimum atomic E-state index is -0.602. The molecule has 2 aromatic carbocycles. The largest absolute Gasteiger partial charge is 0.482 e. The van der Waals surface area contributed by atoms with Crippen LogP contribution in [0.3, 0.4) is 0 Å². The number of benzene rings is 2. The molecule has 0 unspecified atom stereocenters. The van der Waals surface area contributed by atoms with Gasteiger partial charge in [-0.2, -0.15) is 0 Å². The number of hydrogen-bond acceptors (Lipinski definition) is 4. The zero-order valence-electron chi connectivity index (χ0n) is 15.0. The number of hydrogen-bond donors (Lipinski definition) is 1. The Labute approximate surface area is 158 Å². The molecule has 0 saturated heterocycles. The highest BCUT2D eigenvalue weighted by atomic mass is 35.5. The van der Waals surface area contributed by atoms with Crippen molar-refractivity contribution in [1.29, 1.82) is 0 Å². The second-order valence-corrected chi connectivity index (χ2v) is 6.55. The van der Waals surface area contributed by atoms with Crippen LogP contribution in [0, 0.1) is 13.8 Å². The molecule has 0 radical (unpaired) electrons. The Bertz CT molecular complexity index is 771. The molecule has 0 saturated carbocycles. The van der Waals surface area contributed by atoms with Crippen LogP contribution in [-0.4, -0.2) is 25.1 Å². The maximum absolute atomic E-state index is 11.9. The number of halogens is 1. The van der Waals surface area contributed by atoms with Crippen LogP contribution in [0.2, 0.25) is 5.02 Å². The van der Waals surface area contributed by atoms with Gasteiger partial charge in [-0.25, -0.2) is 4.79 Å². The molecule has 138 valence electrons. The summed E-state index contributed by atoms with van der Waals surface area (Å²) in [6, 6.07) is 12.6. The summed E-state index contributed by atoms with van der Waals surface area (Å²) in [5, 5.41) is 3.35. The number of rotatable bonds is 7. The zero-order chi connectivity index (χ0) is 19.1. The molecule has 26 heavy (non-hydrogen) atoms. The quantitative estimate of drug-likeness (QED) is 0.748. The van der Waals surface area contributed by atoms with Gasteiger partial charge in [0.05, 0.1) is 6.04 Å². The molecule has 0 heterocycles. The maximum Gasteiger partial charge on any atom is 0.344 e. The van der Waals surface area contributed by atoms with Gasteiger partial charge in [0.15, 0.2) is 13.2 Å². The van der Waals surface area contributed by atoms with Crippen LogP contribution in [0.15, 0.2) is 42.5 Å². The fourth-order valence-corrected chi connectivity index (χ4v) is 2.69. The summed E-state index contributed by atoms with van der Waals surface area (Å²) in [6.07, 6.45) is 0. The number of amides is 1. The normalized spacial score (nSPS) is 11.5. The number of ether oxygens (including phenoxy) is 2. The monoisotopic (exact) mass is 375 g/mol. The highest BCUT2D eigenvalue weighted by molar-refractivity contribution is 6.30. The van der Waals surface area contributed by atoms with Gasteiger partial charge in [0.25, 0.3) is 5.91 Å². The molecule has 0 aliphatic carbocycles. The van der Waals surface area contributed by atoms with Crippen molar-refractivity contribution in [2.75, 3.05) is 13.2 Å². The molecule has 2 rings (SSSR count). The Balaban J connectivity index is 1.75. The van der Waals surface area contributed by atoms with E-state index in [1.807, 2.05) is 51.1 Å². The smallest absolute Gasteiger partial charge is 0.344 e. The Hall–Kier alpha value is -2.53. The van der Waals surface area contributed by atoms with Crippen molar-refractivity contribution < 1.29 is 19.1 Å². The average molecular weight is 376 g/mol. The maximum atomic E-state index is 11.9. The third kappa shape index (κ3) is 6.41. The van der Waals surface area contributed by atoms with Crippen LogP contribution < -0.4 is 10.1 Å². The van der Waals surface area contributed by atoms with E-state index in [2.05, 4.69) is 5.32 Å². The van der Waals surface area contributed by atoms with Gasteiger partial charge in [0, 0.05) is 5.02 Å². The lowest BCUT2D eigenvalue weighted by Crippen LogP contribution is -2.31. The first-order valence-corrected chi connectivity index (χ1v) is 8.63. The molecule has 0 fully saturated rings. The summed E-state index contributed by atoms with van der Waals surface area (Å²) in [6.45, 7) is 5.11. The van der Waals surface area contributed by atoms with E-state index < -0.39 is 11.9 Å². The van der Waals surface area contributed by atoms with E-state index in [1.165, 1.54) is 0 Å².